The Balaban J connectivity index is -0.00000364. The average molecular weight is 559 g/mol. The predicted molar refractivity (Wildman–Crippen MR) is 129 cm³/mol. The molecule has 0 rings (SSSR count). The molecule has 0 aliphatic rings. The van der Waals surface area contributed by atoms with Gasteiger partial charge in [0.2, 0.25) is 0 Å². The van der Waals surface area contributed by atoms with Crippen LogP contribution in [0.25, 0.3) is 0 Å². The summed E-state index contributed by atoms with van der Waals surface area (Å²) in [6.07, 6.45) is 20.4. The molecule has 0 aromatic heterocycles. The van der Waals surface area contributed by atoms with E-state index in [2.05, 4.69) is 41.8 Å². The standard InChI is InChI=1S/C26H58N2.2BrH/c1-7-27(5,8-2)25-23-21-19-17-15-13-11-12-14-16-18-20-22-24-26-28(6,9-3)10-4;;/h7-26H2,1-6H3;2*1H/q+2;;/p-2. The van der Waals surface area contributed by atoms with Crippen LogP contribution in [0.2, 0.25) is 0 Å². The molecule has 0 spiro atoms. The zero-order valence-corrected chi connectivity index (χ0v) is 25.0. The fourth-order valence-corrected chi connectivity index (χ4v) is 4.19. The number of halogens is 2. The van der Waals surface area contributed by atoms with E-state index in [1.807, 2.05) is 0 Å². The second-order valence-corrected chi connectivity index (χ2v) is 9.90. The van der Waals surface area contributed by atoms with E-state index in [4.69, 9.17) is 0 Å². The van der Waals surface area contributed by atoms with E-state index in [1.165, 1.54) is 138 Å². The number of nitrogens with zero attached hydrogens (tertiary/aromatic N) is 2. The molecule has 0 radical (unpaired) electrons. The van der Waals surface area contributed by atoms with E-state index in [1.54, 1.807) is 0 Å². The highest BCUT2D eigenvalue weighted by molar-refractivity contribution is 4.50. The summed E-state index contributed by atoms with van der Waals surface area (Å²) in [5.41, 5.74) is 0. The first-order valence-corrected chi connectivity index (χ1v) is 13.1. The molecule has 0 atom stereocenters. The van der Waals surface area contributed by atoms with Crippen molar-refractivity contribution in [2.24, 2.45) is 0 Å². The molecule has 0 aromatic rings. The molecule has 0 saturated carbocycles. The molecule has 30 heavy (non-hydrogen) atoms. The lowest BCUT2D eigenvalue weighted by molar-refractivity contribution is -0.906. The molecule has 0 aromatic carbocycles. The van der Waals surface area contributed by atoms with Gasteiger partial charge in [0.05, 0.1) is 53.4 Å². The topological polar surface area (TPSA) is 0 Å². The lowest BCUT2D eigenvalue weighted by Crippen LogP contribution is -3.00. The van der Waals surface area contributed by atoms with Gasteiger partial charge >= 0.3 is 0 Å². The SMILES string of the molecule is CC[N+](C)(CC)CCCCCCCCCCCCCCCC[N+](C)(CC)CC.[Br-].[Br-]. The number of hydrogen-bond donors (Lipinski definition) is 0. The van der Waals surface area contributed by atoms with Crippen LogP contribution in [0.3, 0.4) is 0 Å². The van der Waals surface area contributed by atoms with Crippen LogP contribution in [-0.4, -0.2) is 62.3 Å². The second-order valence-electron chi connectivity index (χ2n) is 9.90. The maximum absolute atomic E-state index is 2.41. The summed E-state index contributed by atoms with van der Waals surface area (Å²) >= 11 is 0. The van der Waals surface area contributed by atoms with E-state index in [9.17, 15) is 0 Å². The van der Waals surface area contributed by atoms with Crippen molar-refractivity contribution in [3.05, 3.63) is 0 Å². The highest BCUT2D eigenvalue weighted by atomic mass is 79.9. The summed E-state index contributed by atoms with van der Waals surface area (Å²) in [5, 5.41) is 0. The lowest BCUT2D eigenvalue weighted by Gasteiger charge is -2.32. The largest absolute Gasteiger partial charge is 1.00 e. The van der Waals surface area contributed by atoms with Crippen LogP contribution in [0.5, 0.6) is 0 Å². The molecule has 2 nitrogen and oxygen atoms in total. The molecule has 0 fully saturated rings. The van der Waals surface area contributed by atoms with Gasteiger partial charge in [0.15, 0.2) is 0 Å². The van der Waals surface area contributed by atoms with Crippen LogP contribution >= 0.6 is 0 Å². The lowest BCUT2D eigenvalue weighted by atomic mass is 10.0. The Morgan fingerprint density at radius 3 is 0.667 bits per heavy atom. The van der Waals surface area contributed by atoms with Crippen LogP contribution in [0.15, 0.2) is 0 Å². The molecular formula is C26H58Br2N2. The molecule has 0 aliphatic carbocycles. The van der Waals surface area contributed by atoms with Gasteiger partial charge in [-0.25, -0.2) is 0 Å². The number of rotatable bonds is 21. The van der Waals surface area contributed by atoms with Crippen LogP contribution in [-0.2, 0) is 0 Å². The van der Waals surface area contributed by atoms with Crippen LogP contribution in [0.4, 0.5) is 0 Å². The zero-order valence-electron chi connectivity index (χ0n) is 21.8. The molecule has 0 unspecified atom stereocenters. The molecule has 0 aliphatic heterocycles. The van der Waals surface area contributed by atoms with Gasteiger partial charge in [-0.15, -0.1) is 0 Å². The number of hydrogen-bond acceptors (Lipinski definition) is 0. The van der Waals surface area contributed by atoms with Crippen molar-refractivity contribution in [2.45, 2.75) is 118 Å². The highest BCUT2D eigenvalue weighted by Crippen LogP contribution is 2.14. The minimum atomic E-state index is 0. The van der Waals surface area contributed by atoms with Gasteiger partial charge in [0, 0.05) is 0 Å². The molecule has 4 heteroatoms. The van der Waals surface area contributed by atoms with Crippen molar-refractivity contribution >= 4 is 0 Å². The predicted octanol–water partition coefficient (Wildman–Crippen LogP) is 1.43. The second kappa shape index (κ2) is 23.1. The van der Waals surface area contributed by atoms with E-state index in [0.717, 1.165) is 0 Å². The fourth-order valence-electron chi connectivity index (χ4n) is 4.19. The van der Waals surface area contributed by atoms with Gasteiger partial charge in [-0.05, 0) is 53.4 Å². The molecule has 186 valence electrons. The van der Waals surface area contributed by atoms with Crippen LogP contribution in [0, 0.1) is 0 Å². The van der Waals surface area contributed by atoms with Crippen molar-refractivity contribution in [3.8, 4) is 0 Å². The first-order valence-electron chi connectivity index (χ1n) is 13.1. The monoisotopic (exact) mass is 556 g/mol. The Kier molecular flexibility index (Phi) is 27.3. The third-order valence-corrected chi connectivity index (χ3v) is 7.70. The quantitative estimate of drug-likeness (QED) is 0.148. The van der Waals surface area contributed by atoms with Crippen molar-refractivity contribution in [3.63, 3.8) is 0 Å². The number of quaternary nitrogens is 2. The summed E-state index contributed by atoms with van der Waals surface area (Å²) in [5.74, 6) is 0. The summed E-state index contributed by atoms with van der Waals surface area (Å²) in [6.45, 7) is 17.2. The minimum Gasteiger partial charge on any atom is -1.00 e. The summed E-state index contributed by atoms with van der Waals surface area (Å²) in [7, 11) is 4.82. The van der Waals surface area contributed by atoms with Crippen LogP contribution < -0.4 is 34.0 Å². The van der Waals surface area contributed by atoms with Gasteiger partial charge < -0.3 is 42.9 Å². The van der Waals surface area contributed by atoms with Crippen molar-refractivity contribution in [2.75, 3.05) is 53.4 Å². The number of unbranched alkanes of at least 4 members (excludes halogenated alkanes) is 13. The van der Waals surface area contributed by atoms with E-state index in [0.29, 0.717) is 0 Å². The smallest absolute Gasteiger partial charge is 0.0784 e. The van der Waals surface area contributed by atoms with Gasteiger partial charge in [-0.1, -0.05) is 64.2 Å². The average Bonchev–Trinajstić information content (AvgIpc) is 2.72. The Morgan fingerprint density at radius 1 is 0.333 bits per heavy atom. The van der Waals surface area contributed by atoms with E-state index < -0.39 is 0 Å². The van der Waals surface area contributed by atoms with Gasteiger partial charge in [-0.3, -0.25) is 0 Å². The highest BCUT2D eigenvalue weighted by Gasteiger charge is 2.15. The molecule has 0 amide bonds. The summed E-state index contributed by atoms with van der Waals surface area (Å²) < 4.78 is 2.52. The molecular weight excluding hydrogens is 500 g/mol. The normalized spacial score (nSPS) is 11.8. The summed E-state index contributed by atoms with van der Waals surface area (Å²) in [6, 6.07) is 0. The third kappa shape index (κ3) is 19.6. The third-order valence-electron chi connectivity index (χ3n) is 7.70. The zero-order chi connectivity index (χ0) is 21.1. The Bertz CT molecular complexity index is 297. The molecule has 0 heterocycles. The first kappa shape index (κ1) is 35.5. The summed E-state index contributed by atoms with van der Waals surface area (Å²) in [4.78, 5) is 0. The van der Waals surface area contributed by atoms with Gasteiger partial charge in [0.1, 0.15) is 0 Å². The van der Waals surface area contributed by atoms with Crippen molar-refractivity contribution in [1.29, 1.82) is 0 Å². The van der Waals surface area contributed by atoms with Crippen molar-refractivity contribution < 1.29 is 42.9 Å². The Morgan fingerprint density at radius 2 is 0.500 bits per heavy atom. The first-order chi connectivity index (χ1) is 13.4. The van der Waals surface area contributed by atoms with Gasteiger partial charge in [-0.2, -0.15) is 0 Å². The Hall–Kier alpha value is 0.880. The van der Waals surface area contributed by atoms with E-state index in [-0.39, 0.29) is 34.0 Å². The fraction of sp³-hybridized carbons (Fsp3) is 1.00. The molecule has 0 N–H and O–H groups in total. The maximum atomic E-state index is 2.41. The molecule has 0 saturated heterocycles. The minimum absolute atomic E-state index is 0. The van der Waals surface area contributed by atoms with Crippen molar-refractivity contribution in [1.82, 2.24) is 0 Å². The molecule has 0 bridgehead atoms. The van der Waals surface area contributed by atoms with Gasteiger partial charge in [0.25, 0.3) is 0 Å². The van der Waals surface area contributed by atoms with E-state index >= 15 is 0 Å². The Labute approximate surface area is 213 Å². The maximum Gasteiger partial charge on any atom is 0.0784 e. The van der Waals surface area contributed by atoms with Crippen LogP contribution in [0.1, 0.15) is 118 Å².